The third kappa shape index (κ3) is 1.96. The van der Waals surface area contributed by atoms with Gasteiger partial charge in [0.25, 0.3) is 0 Å². The standard InChI is InChI=1S/C14H11ClFN3O/c1-20-12-6-10(17)8(15)5-7(12)14-18-11-4-2-3-9(16)13(11)19-14/h2-6H,17H2,1H3,(H,18,19). The van der Waals surface area contributed by atoms with Crippen LogP contribution in [0, 0.1) is 5.82 Å². The number of para-hydroxylation sites is 1. The van der Waals surface area contributed by atoms with Crippen LogP contribution in [-0.4, -0.2) is 17.1 Å². The molecule has 1 aromatic heterocycles. The number of aromatic amines is 1. The van der Waals surface area contributed by atoms with Crippen molar-refractivity contribution in [1.82, 2.24) is 9.97 Å². The minimum atomic E-state index is -0.384. The highest BCUT2D eigenvalue weighted by Gasteiger charge is 2.14. The number of rotatable bonds is 2. The maximum absolute atomic E-state index is 13.7. The van der Waals surface area contributed by atoms with Gasteiger partial charge in [0.15, 0.2) is 5.82 Å². The molecule has 102 valence electrons. The summed E-state index contributed by atoms with van der Waals surface area (Å²) in [6.45, 7) is 0. The predicted octanol–water partition coefficient (Wildman–Crippen LogP) is 3.61. The molecule has 0 fully saturated rings. The largest absolute Gasteiger partial charge is 0.496 e. The molecule has 0 aliphatic rings. The van der Waals surface area contributed by atoms with E-state index in [0.29, 0.717) is 33.4 Å². The first-order chi connectivity index (χ1) is 9.60. The average Bonchev–Trinajstić information content (AvgIpc) is 2.86. The Balaban J connectivity index is 2.25. The molecule has 0 spiro atoms. The van der Waals surface area contributed by atoms with Gasteiger partial charge in [-0.05, 0) is 18.2 Å². The minimum Gasteiger partial charge on any atom is -0.496 e. The monoisotopic (exact) mass is 291 g/mol. The number of anilines is 1. The topological polar surface area (TPSA) is 63.9 Å². The van der Waals surface area contributed by atoms with Gasteiger partial charge in [0.2, 0.25) is 0 Å². The van der Waals surface area contributed by atoms with Crippen molar-refractivity contribution in [2.75, 3.05) is 12.8 Å². The number of nitrogen functional groups attached to an aromatic ring is 1. The zero-order valence-corrected chi connectivity index (χ0v) is 11.3. The van der Waals surface area contributed by atoms with E-state index < -0.39 is 0 Å². The Morgan fingerprint density at radius 3 is 2.85 bits per heavy atom. The second-order valence-electron chi connectivity index (χ2n) is 4.30. The van der Waals surface area contributed by atoms with Crippen LogP contribution < -0.4 is 10.5 Å². The van der Waals surface area contributed by atoms with Crippen LogP contribution in [-0.2, 0) is 0 Å². The van der Waals surface area contributed by atoms with E-state index in [2.05, 4.69) is 9.97 Å². The molecule has 20 heavy (non-hydrogen) atoms. The Morgan fingerprint density at radius 2 is 2.15 bits per heavy atom. The van der Waals surface area contributed by atoms with Gasteiger partial charge in [-0.3, -0.25) is 0 Å². The van der Waals surface area contributed by atoms with Crippen LogP contribution in [0.2, 0.25) is 5.02 Å². The second-order valence-corrected chi connectivity index (χ2v) is 4.70. The van der Waals surface area contributed by atoms with Crippen molar-refractivity contribution in [3.05, 3.63) is 41.2 Å². The van der Waals surface area contributed by atoms with Crippen LogP contribution in [0.15, 0.2) is 30.3 Å². The number of H-pyrrole nitrogens is 1. The van der Waals surface area contributed by atoms with Crippen LogP contribution in [0.1, 0.15) is 0 Å². The normalized spacial score (nSPS) is 10.9. The molecule has 1 heterocycles. The first-order valence-electron chi connectivity index (χ1n) is 5.87. The number of fused-ring (bicyclic) bond motifs is 1. The zero-order valence-electron chi connectivity index (χ0n) is 10.6. The fourth-order valence-electron chi connectivity index (χ4n) is 2.05. The van der Waals surface area contributed by atoms with Crippen molar-refractivity contribution in [1.29, 1.82) is 0 Å². The number of ether oxygens (including phenoxy) is 1. The highest BCUT2D eigenvalue weighted by atomic mass is 35.5. The molecular weight excluding hydrogens is 281 g/mol. The molecule has 0 bridgehead atoms. The Kier molecular flexibility index (Phi) is 2.99. The number of hydrogen-bond acceptors (Lipinski definition) is 3. The number of imidazole rings is 1. The summed E-state index contributed by atoms with van der Waals surface area (Å²) >= 11 is 6.03. The molecule has 6 heteroatoms. The summed E-state index contributed by atoms with van der Waals surface area (Å²) in [7, 11) is 1.52. The number of hydrogen-bond donors (Lipinski definition) is 2. The van der Waals surface area contributed by atoms with E-state index in [1.807, 2.05) is 0 Å². The van der Waals surface area contributed by atoms with Gasteiger partial charge in [-0.25, -0.2) is 9.37 Å². The maximum atomic E-state index is 13.7. The van der Waals surface area contributed by atoms with E-state index in [9.17, 15) is 4.39 Å². The van der Waals surface area contributed by atoms with E-state index in [4.69, 9.17) is 22.1 Å². The van der Waals surface area contributed by atoms with Crippen LogP contribution >= 0.6 is 11.6 Å². The van der Waals surface area contributed by atoms with Crippen molar-refractivity contribution in [3.8, 4) is 17.1 Å². The van der Waals surface area contributed by atoms with Crippen molar-refractivity contribution in [2.24, 2.45) is 0 Å². The zero-order chi connectivity index (χ0) is 14.3. The number of aromatic nitrogens is 2. The molecule has 0 atom stereocenters. The third-order valence-electron chi connectivity index (χ3n) is 3.04. The van der Waals surface area contributed by atoms with Gasteiger partial charge in [-0.2, -0.15) is 0 Å². The summed E-state index contributed by atoms with van der Waals surface area (Å²) in [5.41, 5.74) is 7.66. The second kappa shape index (κ2) is 4.68. The molecule has 4 nitrogen and oxygen atoms in total. The fraction of sp³-hybridized carbons (Fsp3) is 0.0714. The summed E-state index contributed by atoms with van der Waals surface area (Å²) in [6, 6.07) is 7.99. The molecule has 0 radical (unpaired) electrons. The Hall–Kier alpha value is -2.27. The van der Waals surface area contributed by atoms with Crippen LogP contribution in [0.25, 0.3) is 22.4 Å². The number of benzene rings is 2. The number of halogens is 2. The molecule has 0 saturated heterocycles. The van der Waals surface area contributed by atoms with E-state index >= 15 is 0 Å². The van der Waals surface area contributed by atoms with Crippen molar-refractivity contribution < 1.29 is 9.13 Å². The summed E-state index contributed by atoms with van der Waals surface area (Å²) < 4.78 is 19.0. The van der Waals surface area contributed by atoms with Gasteiger partial charge in [-0.15, -0.1) is 0 Å². The van der Waals surface area contributed by atoms with Gasteiger partial charge < -0.3 is 15.5 Å². The van der Waals surface area contributed by atoms with E-state index in [-0.39, 0.29) is 11.3 Å². The summed E-state index contributed by atoms with van der Waals surface area (Å²) in [4.78, 5) is 7.30. The molecule has 0 saturated carbocycles. The lowest BCUT2D eigenvalue weighted by molar-refractivity contribution is 0.416. The average molecular weight is 292 g/mol. The van der Waals surface area contributed by atoms with Crippen molar-refractivity contribution >= 4 is 28.3 Å². The lowest BCUT2D eigenvalue weighted by Crippen LogP contribution is -1.93. The molecule has 2 aromatic carbocycles. The minimum absolute atomic E-state index is 0.275. The summed E-state index contributed by atoms with van der Waals surface area (Å²) in [6.07, 6.45) is 0. The molecule has 0 unspecified atom stereocenters. The number of nitrogens with two attached hydrogens (primary N) is 1. The quantitative estimate of drug-likeness (QED) is 0.709. The van der Waals surface area contributed by atoms with Crippen LogP contribution in [0.5, 0.6) is 5.75 Å². The van der Waals surface area contributed by atoms with Crippen molar-refractivity contribution in [3.63, 3.8) is 0 Å². The van der Waals surface area contributed by atoms with Crippen LogP contribution in [0.3, 0.4) is 0 Å². The van der Waals surface area contributed by atoms with Gasteiger partial charge in [0, 0.05) is 6.07 Å². The summed E-state index contributed by atoms with van der Waals surface area (Å²) in [5.74, 6) is 0.612. The third-order valence-corrected chi connectivity index (χ3v) is 3.36. The first kappa shape index (κ1) is 12.7. The molecule has 0 aliphatic carbocycles. The van der Waals surface area contributed by atoms with Crippen molar-refractivity contribution in [2.45, 2.75) is 0 Å². The maximum Gasteiger partial charge on any atom is 0.151 e. The van der Waals surface area contributed by atoms with E-state index in [0.717, 1.165) is 0 Å². The highest BCUT2D eigenvalue weighted by molar-refractivity contribution is 6.33. The molecule has 0 aliphatic heterocycles. The first-order valence-corrected chi connectivity index (χ1v) is 6.25. The number of methoxy groups -OCH3 is 1. The molecule has 3 rings (SSSR count). The molecule has 0 amide bonds. The van der Waals surface area contributed by atoms with Gasteiger partial charge in [0.1, 0.15) is 17.1 Å². The van der Waals surface area contributed by atoms with E-state index in [1.165, 1.54) is 13.2 Å². The Morgan fingerprint density at radius 1 is 1.35 bits per heavy atom. The number of nitrogens with one attached hydrogen (secondary N) is 1. The smallest absolute Gasteiger partial charge is 0.151 e. The Labute approximate surface area is 119 Å². The van der Waals surface area contributed by atoms with Gasteiger partial charge in [0.05, 0.1) is 28.9 Å². The fourth-order valence-corrected chi connectivity index (χ4v) is 2.21. The molecular formula is C14H11ClFN3O. The van der Waals surface area contributed by atoms with Gasteiger partial charge >= 0.3 is 0 Å². The van der Waals surface area contributed by atoms with Crippen LogP contribution in [0.4, 0.5) is 10.1 Å². The summed E-state index contributed by atoms with van der Waals surface area (Å²) in [5, 5.41) is 0.390. The highest BCUT2D eigenvalue weighted by Crippen LogP contribution is 2.35. The predicted molar refractivity (Wildman–Crippen MR) is 77.5 cm³/mol. The lowest BCUT2D eigenvalue weighted by atomic mass is 10.1. The molecule has 3 N–H and O–H groups in total. The van der Waals surface area contributed by atoms with Gasteiger partial charge in [-0.1, -0.05) is 17.7 Å². The lowest BCUT2D eigenvalue weighted by Gasteiger charge is -2.08. The van der Waals surface area contributed by atoms with E-state index in [1.54, 1.807) is 24.3 Å². The molecule has 3 aromatic rings. The number of nitrogens with zero attached hydrogens (tertiary/aromatic N) is 1. The SMILES string of the molecule is COc1cc(N)c(Cl)cc1-c1nc2c(F)cccc2[nH]1. The Bertz CT molecular complexity index is 800.